The Morgan fingerprint density at radius 3 is 0.731 bits per heavy atom. The average molecular weight is 626 g/mol. The Morgan fingerprint density at radius 1 is 0.346 bits per heavy atom. The maximum atomic E-state index is 13.7. The predicted molar refractivity (Wildman–Crippen MR) is 78.8 cm³/mol. The van der Waals surface area contributed by atoms with Crippen molar-refractivity contribution in [2.75, 3.05) is 0 Å². The van der Waals surface area contributed by atoms with E-state index in [-0.39, 0.29) is 0 Å². The summed E-state index contributed by atoms with van der Waals surface area (Å²) in [7, 11) is 0. The molecule has 0 aliphatic heterocycles. The van der Waals surface area contributed by atoms with Gasteiger partial charge in [-0.25, -0.2) is 0 Å². The summed E-state index contributed by atoms with van der Waals surface area (Å²) in [6.45, 7) is 0. The molecular formula is C12F12I2. The van der Waals surface area contributed by atoms with Gasteiger partial charge in [-0.2, -0.15) is 52.7 Å². The second kappa shape index (κ2) is 4.87. The Balaban J connectivity index is 2.35. The summed E-state index contributed by atoms with van der Waals surface area (Å²) in [6, 6.07) is 0. The van der Waals surface area contributed by atoms with Crippen molar-refractivity contribution < 1.29 is 52.7 Å². The molecule has 0 N–H and O–H groups in total. The van der Waals surface area contributed by atoms with Gasteiger partial charge in [0.1, 0.15) is 0 Å². The summed E-state index contributed by atoms with van der Waals surface area (Å²) in [5.74, 6) is -31.7. The molecule has 3 aliphatic carbocycles. The molecule has 0 amide bonds. The maximum absolute atomic E-state index is 13.7. The number of hydrogen-bond donors (Lipinski definition) is 0. The van der Waals surface area contributed by atoms with Crippen LogP contribution in [0.4, 0.5) is 52.7 Å². The topological polar surface area (TPSA) is 0 Å². The molecule has 0 bridgehead atoms. The third-order valence-electron chi connectivity index (χ3n) is 4.18. The molecule has 26 heavy (non-hydrogen) atoms. The van der Waals surface area contributed by atoms with Gasteiger partial charge in [-0.05, 0) is 45.2 Å². The molecule has 146 valence electrons. The molecule has 0 saturated heterocycles. The third kappa shape index (κ3) is 1.81. The van der Waals surface area contributed by atoms with Gasteiger partial charge >= 0.3 is 35.5 Å². The summed E-state index contributed by atoms with van der Waals surface area (Å²) in [4.78, 5) is 0. The standard InChI is InChI=1S/C12F12I2/c13-7(14)1(3-5(25)11(21,22)9(3,17)18)2(8(7,15)16)4-6(26)12(23,24)10(4,19)20. The van der Waals surface area contributed by atoms with Crippen LogP contribution in [-0.4, -0.2) is 35.5 Å². The lowest BCUT2D eigenvalue weighted by atomic mass is 9.64. The summed E-state index contributed by atoms with van der Waals surface area (Å²) in [6.07, 6.45) is 0. The van der Waals surface area contributed by atoms with Gasteiger partial charge in [0.2, 0.25) is 0 Å². The SMILES string of the molecule is FC1(F)C(I)=C(C2=C(C3=C(I)C(F)(F)C3(F)F)C(F)(F)C2(F)F)C1(F)F. The molecule has 0 spiro atoms. The van der Waals surface area contributed by atoms with Crippen LogP contribution in [0.1, 0.15) is 0 Å². The summed E-state index contributed by atoms with van der Waals surface area (Å²) in [5.41, 5.74) is -9.45. The molecule has 0 aromatic rings. The average Bonchev–Trinajstić information content (AvgIpc) is 2.48. The first-order chi connectivity index (χ1) is 11.3. The van der Waals surface area contributed by atoms with E-state index in [0.29, 0.717) is 45.2 Å². The van der Waals surface area contributed by atoms with Gasteiger partial charge in [-0.1, -0.05) is 0 Å². The van der Waals surface area contributed by atoms with E-state index in [1.165, 1.54) is 0 Å². The van der Waals surface area contributed by atoms with Crippen LogP contribution < -0.4 is 0 Å². The highest BCUT2D eigenvalue weighted by Gasteiger charge is 2.84. The van der Waals surface area contributed by atoms with Crippen molar-refractivity contribution in [2.24, 2.45) is 0 Å². The second-order valence-electron chi connectivity index (χ2n) is 5.57. The molecule has 0 aromatic heterocycles. The Kier molecular flexibility index (Phi) is 3.85. The first kappa shape index (κ1) is 20.6. The van der Waals surface area contributed by atoms with Crippen LogP contribution in [0.3, 0.4) is 0 Å². The minimum absolute atomic E-state index is 0.492. The van der Waals surface area contributed by atoms with Gasteiger partial charge < -0.3 is 0 Å². The Labute approximate surface area is 162 Å². The molecule has 0 nitrogen and oxygen atoms in total. The van der Waals surface area contributed by atoms with Gasteiger partial charge in [0, 0.05) is 11.1 Å². The molecule has 0 radical (unpaired) electrons. The number of halogens is 14. The lowest BCUT2D eigenvalue weighted by molar-refractivity contribution is -0.219. The second-order valence-corrected chi connectivity index (χ2v) is 7.73. The molecule has 14 heteroatoms. The van der Waals surface area contributed by atoms with E-state index < -0.39 is 65.0 Å². The van der Waals surface area contributed by atoms with Gasteiger partial charge in [0.25, 0.3) is 0 Å². The molecule has 0 heterocycles. The van der Waals surface area contributed by atoms with Crippen LogP contribution in [-0.2, 0) is 0 Å². The Morgan fingerprint density at radius 2 is 0.538 bits per heavy atom. The Hall–Kier alpha value is -0.160. The largest absolute Gasteiger partial charge is 0.345 e. The van der Waals surface area contributed by atoms with Crippen LogP contribution in [0.5, 0.6) is 0 Å². The van der Waals surface area contributed by atoms with E-state index >= 15 is 0 Å². The lowest BCUT2D eigenvalue weighted by Crippen LogP contribution is -2.65. The number of alkyl halides is 12. The van der Waals surface area contributed by atoms with Gasteiger partial charge in [0.15, 0.2) is 0 Å². The minimum atomic E-state index is -5.51. The molecular weight excluding hydrogens is 626 g/mol. The molecule has 0 fully saturated rings. The smallest absolute Gasteiger partial charge is 0.194 e. The van der Waals surface area contributed by atoms with Crippen molar-refractivity contribution >= 4 is 45.2 Å². The van der Waals surface area contributed by atoms with Crippen LogP contribution >= 0.6 is 45.2 Å². The van der Waals surface area contributed by atoms with Crippen molar-refractivity contribution in [3.63, 3.8) is 0 Å². The highest BCUT2D eigenvalue weighted by atomic mass is 127. The summed E-state index contributed by atoms with van der Waals surface area (Å²) in [5, 5.41) is 0. The normalized spacial score (nSPS) is 32.1. The highest BCUT2D eigenvalue weighted by molar-refractivity contribution is 14.1. The fourth-order valence-electron chi connectivity index (χ4n) is 2.72. The van der Waals surface area contributed by atoms with Crippen molar-refractivity contribution in [1.29, 1.82) is 0 Å². The number of rotatable bonds is 2. The molecule has 0 unspecified atom stereocenters. The molecule has 3 aliphatic rings. The van der Waals surface area contributed by atoms with Gasteiger partial charge in [0.05, 0.1) is 18.3 Å². The number of allylic oxidation sites excluding steroid dienone is 6. The number of hydrogen-bond acceptors (Lipinski definition) is 0. The van der Waals surface area contributed by atoms with Crippen LogP contribution in [0.15, 0.2) is 29.5 Å². The molecule has 0 saturated carbocycles. The fourth-order valence-corrected chi connectivity index (χ4v) is 4.61. The first-order valence-corrected chi connectivity index (χ1v) is 8.30. The van der Waals surface area contributed by atoms with Crippen molar-refractivity contribution in [2.45, 2.75) is 35.5 Å². The quantitative estimate of drug-likeness (QED) is 0.242. The fraction of sp³-hybridized carbons (Fsp3) is 0.500. The Bertz CT molecular complexity index is 761. The molecule has 0 aromatic carbocycles. The van der Waals surface area contributed by atoms with Gasteiger partial charge in [-0.3, -0.25) is 0 Å². The third-order valence-corrected chi connectivity index (χ3v) is 6.61. The maximum Gasteiger partial charge on any atom is 0.345 e. The first-order valence-electron chi connectivity index (χ1n) is 6.15. The zero-order valence-electron chi connectivity index (χ0n) is 11.3. The van der Waals surface area contributed by atoms with E-state index in [1.807, 2.05) is 0 Å². The van der Waals surface area contributed by atoms with Gasteiger partial charge in [-0.15, -0.1) is 0 Å². The predicted octanol–water partition coefficient (Wildman–Crippen LogP) is 6.51. The van der Waals surface area contributed by atoms with Crippen LogP contribution in [0.2, 0.25) is 0 Å². The minimum Gasteiger partial charge on any atom is -0.194 e. The zero-order valence-corrected chi connectivity index (χ0v) is 15.6. The monoisotopic (exact) mass is 626 g/mol. The van der Waals surface area contributed by atoms with Crippen LogP contribution in [0, 0.1) is 0 Å². The van der Waals surface area contributed by atoms with E-state index in [1.54, 1.807) is 0 Å². The van der Waals surface area contributed by atoms with E-state index in [2.05, 4.69) is 0 Å². The molecule has 3 rings (SSSR count). The van der Waals surface area contributed by atoms with Crippen molar-refractivity contribution in [3.05, 3.63) is 29.5 Å². The summed E-state index contributed by atoms with van der Waals surface area (Å²) < 4.78 is 158. The zero-order chi connectivity index (χ0) is 20.5. The van der Waals surface area contributed by atoms with Crippen molar-refractivity contribution in [3.8, 4) is 0 Å². The van der Waals surface area contributed by atoms with E-state index in [4.69, 9.17) is 0 Å². The highest BCUT2D eigenvalue weighted by Crippen LogP contribution is 2.73. The summed E-state index contributed by atoms with van der Waals surface area (Å²) >= 11 is 0.985. The van der Waals surface area contributed by atoms with Crippen molar-refractivity contribution in [1.82, 2.24) is 0 Å². The van der Waals surface area contributed by atoms with E-state index in [0.717, 1.165) is 0 Å². The van der Waals surface area contributed by atoms with E-state index in [9.17, 15) is 52.7 Å². The lowest BCUT2D eigenvalue weighted by Gasteiger charge is -2.51. The molecule has 0 atom stereocenters. The van der Waals surface area contributed by atoms with Crippen LogP contribution in [0.25, 0.3) is 0 Å².